The highest BCUT2D eigenvalue weighted by Crippen LogP contribution is 2.40. The van der Waals surface area contributed by atoms with E-state index in [1.807, 2.05) is 93.9 Å². The number of phenolic OH excluding ortho intramolecular Hbond substituents is 1. The van der Waals surface area contributed by atoms with Gasteiger partial charge in [0.05, 0.1) is 39.6 Å². The molecule has 2 bridgehead atoms. The Kier molecular flexibility index (Phi) is 16.5. The number of amides is 2. The second-order valence-electron chi connectivity index (χ2n) is 21.3. The van der Waals surface area contributed by atoms with Crippen molar-refractivity contribution in [1.29, 1.82) is 0 Å². The third kappa shape index (κ3) is 12.3. The van der Waals surface area contributed by atoms with Crippen LogP contribution in [0.4, 0.5) is 17.2 Å². The van der Waals surface area contributed by atoms with Crippen LogP contribution in [0, 0.1) is 12.8 Å². The average Bonchev–Trinajstić information content (AvgIpc) is 4.22. The summed E-state index contributed by atoms with van der Waals surface area (Å²) in [5.41, 5.74) is 14.4. The number of fused-ring (bicyclic) bond motifs is 2. The number of aliphatic hydroxyl groups is 1. The lowest BCUT2D eigenvalue weighted by atomic mass is 9.91. The van der Waals surface area contributed by atoms with Crippen LogP contribution in [-0.2, 0) is 9.59 Å². The molecule has 0 spiro atoms. The van der Waals surface area contributed by atoms with E-state index in [1.54, 1.807) is 29.5 Å². The number of nitrogen functional groups attached to an aromatic ring is 1. The number of likely N-dealkylation sites (tertiary alicyclic amines) is 1. The summed E-state index contributed by atoms with van der Waals surface area (Å²) in [6.45, 7) is 14.0. The van der Waals surface area contributed by atoms with Crippen molar-refractivity contribution in [3.8, 4) is 39.2 Å². The topological polar surface area (TPSA) is 228 Å². The van der Waals surface area contributed by atoms with Gasteiger partial charge in [0.2, 0.25) is 17.7 Å². The molecule has 0 radical (unpaired) electrons. The Balaban J connectivity index is 0.666. The SMILES string of the molecule is Cc1ncsc1-c1ccc([C@H](CN(C)C)NC(=O)[C@@H]2C[C@@H](O)CN2C(=O)[C@@H](c2cc(OCCN3CCN(CCOc4cc(N5C6CCC5CN(c5cc(-c7ccccc7O)nnc5N)C6)ccn4)CC3)no2)C(C)C)cc1. The van der Waals surface area contributed by atoms with E-state index >= 15 is 0 Å². The highest BCUT2D eigenvalue weighted by Gasteiger charge is 2.44. The second kappa shape index (κ2) is 23.8. The van der Waals surface area contributed by atoms with Gasteiger partial charge in [-0.05, 0) is 80.3 Å². The summed E-state index contributed by atoms with van der Waals surface area (Å²) in [5.74, 6) is 0.265. The van der Waals surface area contributed by atoms with Gasteiger partial charge >= 0.3 is 0 Å². The van der Waals surface area contributed by atoms with Crippen LogP contribution < -0.4 is 30.3 Å². The minimum atomic E-state index is -0.856. The number of carbonyl (C=O) groups excluding carboxylic acids is 2. The van der Waals surface area contributed by atoms with Crippen LogP contribution in [0.15, 0.2) is 89.0 Å². The molecule has 5 N–H and O–H groups in total. The van der Waals surface area contributed by atoms with E-state index in [4.69, 9.17) is 19.7 Å². The number of nitrogens with two attached hydrogens (primary N) is 1. The first kappa shape index (κ1) is 53.5. The summed E-state index contributed by atoms with van der Waals surface area (Å²) >= 11 is 1.59. The number of ether oxygens (including phenoxy) is 2. The summed E-state index contributed by atoms with van der Waals surface area (Å²) in [7, 11) is 3.91. The first-order valence-electron chi connectivity index (χ1n) is 26.8. The predicted molar refractivity (Wildman–Crippen MR) is 295 cm³/mol. The van der Waals surface area contributed by atoms with Gasteiger partial charge in [0, 0.05) is 114 Å². The van der Waals surface area contributed by atoms with Crippen LogP contribution in [0.3, 0.4) is 0 Å². The molecule has 4 aromatic heterocycles. The number of hydrogen-bond acceptors (Lipinski definition) is 19. The van der Waals surface area contributed by atoms with E-state index in [1.165, 1.54) is 4.90 Å². The zero-order valence-corrected chi connectivity index (χ0v) is 45.4. The Morgan fingerprint density at radius 1 is 0.896 bits per heavy atom. The Labute approximate surface area is 453 Å². The number of piperazine rings is 2. The third-order valence-electron chi connectivity index (χ3n) is 15.4. The molecule has 0 aliphatic carbocycles. The number of thiazole rings is 1. The molecule has 2 unspecified atom stereocenters. The fraction of sp³-hybridized carbons (Fsp3) is 0.482. The molecule has 2 aromatic carbocycles. The number of aromatic nitrogens is 5. The first-order chi connectivity index (χ1) is 37.3. The van der Waals surface area contributed by atoms with Gasteiger partial charge in [0.15, 0.2) is 11.6 Å². The lowest BCUT2D eigenvalue weighted by molar-refractivity contribution is -0.141. The molecule has 408 valence electrons. The molecule has 21 heteroatoms. The summed E-state index contributed by atoms with van der Waals surface area (Å²) in [6.07, 6.45) is 3.25. The smallest absolute Gasteiger partial charge is 0.254 e. The molecular formula is C56H71N13O7S. The number of likely N-dealkylation sites (N-methyl/N-ethyl adjacent to an activating group) is 1. The number of aromatic hydroxyl groups is 1. The first-order valence-corrected chi connectivity index (χ1v) is 27.7. The molecule has 4 fully saturated rings. The van der Waals surface area contributed by atoms with Crippen LogP contribution in [0.25, 0.3) is 21.7 Å². The van der Waals surface area contributed by atoms with Crippen molar-refractivity contribution in [2.45, 2.75) is 76.2 Å². The van der Waals surface area contributed by atoms with Gasteiger partial charge in [-0.3, -0.25) is 19.4 Å². The van der Waals surface area contributed by atoms with Crippen molar-refractivity contribution in [3.63, 3.8) is 0 Å². The Morgan fingerprint density at radius 2 is 1.60 bits per heavy atom. The van der Waals surface area contributed by atoms with Gasteiger partial charge < -0.3 is 54.9 Å². The number of β-amino-alcohol motifs (C(OH)–C–C–N with tert-alkyl or cyclic N) is 1. The molecule has 0 saturated carbocycles. The molecule has 20 nitrogen and oxygen atoms in total. The summed E-state index contributed by atoms with van der Waals surface area (Å²) < 4.78 is 18.1. The fourth-order valence-electron chi connectivity index (χ4n) is 11.4. The fourth-order valence-corrected chi connectivity index (χ4v) is 12.3. The maximum Gasteiger partial charge on any atom is 0.254 e. The number of nitrogens with one attached hydrogen (secondary N) is 1. The van der Waals surface area contributed by atoms with Crippen molar-refractivity contribution in [2.75, 3.05) is 108 Å². The standard InChI is InChI=1S/C56H71N13O7S/c1-35(2)52(56(73)68-32-42(70)27-47(68)55(72)60-45(33-64(4)5)37-10-12-38(13-11-37)53-36(3)59-34-77-53)49-29-51(63-76-49)75-25-23-66-20-18-65(19-21-66)22-24-74-50-26-39(16-17-58-50)69-40-14-15-41(69)31-67(30-40)46-28-44(61-62-54(46)57)43-8-6-7-9-48(43)71/h6-13,16-17,26,28-29,34-35,40-42,45,47,52,70-71H,14-15,18-25,27,30-33H2,1-5H3,(H2,57,62)(H,60,72)/t40?,41?,42-,45+,47+,52-/m1/s1. The zero-order valence-electron chi connectivity index (χ0n) is 44.6. The van der Waals surface area contributed by atoms with Crippen LogP contribution in [0.1, 0.15) is 62.1 Å². The van der Waals surface area contributed by atoms with Crippen molar-refractivity contribution in [1.82, 2.24) is 50.2 Å². The van der Waals surface area contributed by atoms with E-state index in [9.17, 15) is 19.8 Å². The highest BCUT2D eigenvalue weighted by atomic mass is 32.1. The summed E-state index contributed by atoms with van der Waals surface area (Å²) in [4.78, 5) is 51.6. The molecule has 77 heavy (non-hydrogen) atoms. The average molecular weight is 1070 g/mol. The molecule has 6 atom stereocenters. The number of carbonyl (C=O) groups is 2. The number of phenols is 1. The minimum Gasteiger partial charge on any atom is -0.507 e. The summed E-state index contributed by atoms with van der Waals surface area (Å²) in [6, 6.07) is 22.4. The Morgan fingerprint density at radius 3 is 2.26 bits per heavy atom. The van der Waals surface area contributed by atoms with E-state index in [0.717, 1.165) is 91.7 Å². The van der Waals surface area contributed by atoms with E-state index in [2.05, 4.69) is 62.4 Å². The summed E-state index contributed by atoms with van der Waals surface area (Å²) in [5, 5.41) is 37.3. The van der Waals surface area contributed by atoms with Crippen LogP contribution in [-0.4, -0.2) is 184 Å². The number of rotatable bonds is 20. The number of hydrogen-bond donors (Lipinski definition) is 4. The Bertz CT molecular complexity index is 2950. The van der Waals surface area contributed by atoms with Gasteiger partial charge in [-0.15, -0.1) is 21.5 Å². The van der Waals surface area contributed by atoms with Crippen molar-refractivity contribution in [2.24, 2.45) is 5.92 Å². The highest BCUT2D eigenvalue weighted by molar-refractivity contribution is 7.13. The molecule has 4 aliphatic heterocycles. The number of aryl methyl sites for hydroxylation is 1. The third-order valence-corrected chi connectivity index (χ3v) is 16.4. The second-order valence-corrected chi connectivity index (χ2v) is 22.2. The normalized spacial score (nSPS) is 20.8. The lowest BCUT2D eigenvalue weighted by Gasteiger charge is -2.43. The maximum atomic E-state index is 14.4. The predicted octanol–water partition coefficient (Wildman–Crippen LogP) is 5.30. The van der Waals surface area contributed by atoms with E-state index in [-0.39, 0.29) is 54.6 Å². The van der Waals surface area contributed by atoms with Gasteiger partial charge in [-0.25, -0.2) is 9.97 Å². The Hall–Kier alpha value is -6.91. The van der Waals surface area contributed by atoms with Crippen LogP contribution in [0.2, 0.25) is 0 Å². The lowest BCUT2D eigenvalue weighted by Crippen LogP contribution is -2.54. The molecule has 4 aliphatic rings. The van der Waals surface area contributed by atoms with Crippen molar-refractivity contribution < 1.29 is 33.8 Å². The number of nitrogens with zero attached hydrogens (tertiary/aromatic N) is 11. The number of anilines is 3. The van der Waals surface area contributed by atoms with Crippen molar-refractivity contribution in [3.05, 3.63) is 102 Å². The molecule has 4 saturated heterocycles. The number of aliphatic hydroxyl groups excluding tert-OH is 1. The molecule has 2 amide bonds. The molecular weight excluding hydrogens is 999 g/mol. The van der Waals surface area contributed by atoms with Crippen molar-refractivity contribution >= 4 is 40.3 Å². The van der Waals surface area contributed by atoms with Crippen LogP contribution >= 0.6 is 11.3 Å². The number of pyridine rings is 1. The zero-order chi connectivity index (χ0) is 53.7. The van der Waals surface area contributed by atoms with Crippen LogP contribution in [0.5, 0.6) is 17.5 Å². The number of benzene rings is 2. The quantitative estimate of drug-likeness (QED) is 0.0761. The van der Waals surface area contributed by atoms with Gasteiger partial charge in [-0.2, -0.15) is 0 Å². The molecule has 6 aromatic rings. The largest absolute Gasteiger partial charge is 0.507 e. The van der Waals surface area contributed by atoms with E-state index < -0.39 is 18.1 Å². The van der Waals surface area contributed by atoms with Gasteiger partial charge in [0.1, 0.15) is 30.9 Å². The van der Waals surface area contributed by atoms with E-state index in [0.29, 0.717) is 60.9 Å². The monoisotopic (exact) mass is 1070 g/mol. The minimum absolute atomic E-state index is 0.0419. The molecule has 8 heterocycles. The molecule has 10 rings (SSSR count). The van der Waals surface area contributed by atoms with Gasteiger partial charge in [0.25, 0.3) is 5.88 Å². The maximum absolute atomic E-state index is 14.4. The van der Waals surface area contributed by atoms with Gasteiger partial charge in [-0.1, -0.05) is 50.2 Å². The number of para-hydroxylation sites is 1.